The van der Waals surface area contributed by atoms with Crippen LogP contribution in [0.5, 0.6) is 0 Å². The predicted molar refractivity (Wildman–Crippen MR) is 84.7 cm³/mol. The lowest BCUT2D eigenvalue weighted by molar-refractivity contribution is 0.182. The lowest BCUT2D eigenvalue weighted by Gasteiger charge is -2.14. The van der Waals surface area contributed by atoms with Crippen LogP contribution in [-0.2, 0) is 24.1 Å². The molecule has 0 amide bonds. The minimum absolute atomic E-state index is 0.660. The van der Waals surface area contributed by atoms with Gasteiger partial charge in [0.25, 0.3) is 0 Å². The average Bonchev–Trinajstić information content (AvgIpc) is 3.15. The highest BCUT2D eigenvalue weighted by Crippen LogP contribution is 2.43. The Labute approximate surface area is 126 Å². The summed E-state index contributed by atoms with van der Waals surface area (Å²) in [4.78, 5) is 0. The summed E-state index contributed by atoms with van der Waals surface area (Å²) < 4.78 is 8.28. The molecule has 1 aromatic carbocycles. The fourth-order valence-electron chi connectivity index (χ4n) is 4.04. The van der Waals surface area contributed by atoms with Gasteiger partial charge in [0.2, 0.25) is 0 Å². The molecule has 2 nitrogen and oxygen atoms in total. The molecule has 0 spiro atoms. The predicted octanol–water partition coefficient (Wildman–Crippen LogP) is 3.78. The summed E-state index contributed by atoms with van der Waals surface area (Å²) in [6.07, 6.45) is 3.59. The summed E-state index contributed by atoms with van der Waals surface area (Å²) in [5, 5.41) is 0. The molecule has 2 heterocycles. The first kappa shape index (κ1) is 13.1. The molecule has 0 radical (unpaired) electrons. The van der Waals surface area contributed by atoms with E-state index in [-0.39, 0.29) is 0 Å². The van der Waals surface area contributed by atoms with E-state index in [1.165, 1.54) is 30.5 Å². The molecule has 1 aliphatic carbocycles. The van der Waals surface area contributed by atoms with Gasteiger partial charge in [-0.25, -0.2) is 0 Å². The average molecular weight is 281 g/mol. The van der Waals surface area contributed by atoms with E-state index < -0.39 is 0 Å². The van der Waals surface area contributed by atoms with Gasteiger partial charge in [-0.1, -0.05) is 43.7 Å². The van der Waals surface area contributed by atoms with Gasteiger partial charge in [0, 0.05) is 23.9 Å². The molecular weight excluding hydrogens is 258 g/mol. The molecule has 2 aliphatic rings. The Bertz CT molecular complexity index is 629. The Morgan fingerprint density at radius 1 is 1.19 bits per heavy atom. The standard InChI is InChI=1S/C19H23NO/c1-2-6-16-10-17-18-13-21-12-15(18)9-19(17)20(16)11-14-7-4-3-5-8-14/h3-5,7-8,10,15,18H,2,6,9,11-13H2,1H3/t15-,18+/m1/s1. The lowest BCUT2D eigenvalue weighted by Crippen LogP contribution is -2.10. The van der Waals surface area contributed by atoms with Crippen molar-refractivity contribution in [3.05, 3.63) is 58.9 Å². The first-order valence-corrected chi connectivity index (χ1v) is 8.19. The molecule has 2 aromatic rings. The first-order valence-electron chi connectivity index (χ1n) is 8.19. The number of hydrogen-bond acceptors (Lipinski definition) is 1. The van der Waals surface area contributed by atoms with Crippen LogP contribution < -0.4 is 0 Å². The first-order chi connectivity index (χ1) is 10.4. The van der Waals surface area contributed by atoms with E-state index in [9.17, 15) is 0 Å². The van der Waals surface area contributed by atoms with E-state index in [1.807, 2.05) is 0 Å². The number of ether oxygens (including phenoxy) is 1. The molecule has 1 fully saturated rings. The van der Waals surface area contributed by atoms with Gasteiger partial charge < -0.3 is 9.30 Å². The third-order valence-corrected chi connectivity index (χ3v) is 5.07. The topological polar surface area (TPSA) is 14.2 Å². The second kappa shape index (κ2) is 5.34. The van der Waals surface area contributed by atoms with E-state index in [0.717, 1.165) is 25.7 Å². The molecule has 0 saturated carbocycles. The largest absolute Gasteiger partial charge is 0.380 e. The van der Waals surface area contributed by atoms with Crippen LogP contribution in [-0.4, -0.2) is 17.8 Å². The molecule has 1 saturated heterocycles. The number of hydrogen-bond donors (Lipinski definition) is 0. The zero-order valence-electron chi connectivity index (χ0n) is 12.7. The third-order valence-electron chi connectivity index (χ3n) is 5.07. The molecule has 21 heavy (non-hydrogen) atoms. The van der Waals surface area contributed by atoms with E-state index in [2.05, 4.69) is 47.9 Å². The third kappa shape index (κ3) is 2.22. The summed E-state index contributed by atoms with van der Waals surface area (Å²) >= 11 is 0. The second-order valence-corrected chi connectivity index (χ2v) is 6.47. The normalized spacial score (nSPS) is 23.3. The van der Waals surface area contributed by atoms with Crippen LogP contribution in [0, 0.1) is 5.92 Å². The molecule has 2 atom stereocenters. The van der Waals surface area contributed by atoms with Crippen molar-refractivity contribution in [1.29, 1.82) is 0 Å². The number of nitrogens with zero attached hydrogens (tertiary/aromatic N) is 1. The number of rotatable bonds is 4. The van der Waals surface area contributed by atoms with Crippen LogP contribution in [0.2, 0.25) is 0 Å². The van der Waals surface area contributed by atoms with Crippen molar-refractivity contribution in [1.82, 2.24) is 4.57 Å². The summed E-state index contributed by atoms with van der Waals surface area (Å²) in [5.74, 6) is 1.39. The van der Waals surface area contributed by atoms with Crippen molar-refractivity contribution < 1.29 is 4.74 Å². The highest BCUT2D eigenvalue weighted by Gasteiger charge is 2.39. The van der Waals surface area contributed by atoms with E-state index in [0.29, 0.717) is 5.92 Å². The number of aromatic nitrogens is 1. The molecule has 0 bridgehead atoms. The summed E-state index contributed by atoms with van der Waals surface area (Å²) in [5.41, 5.74) is 6.08. The highest BCUT2D eigenvalue weighted by atomic mass is 16.5. The molecule has 0 N–H and O–H groups in total. The van der Waals surface area contributed by atoms with Gasteiger partial charge in [0.1, 0.15) is 0 Å². The van der Waals surface area contributed by atoms with Gasteiger partial charge in [0.05, 0.1) is 13.2 Å². The van der Waals surface area contributed by atoms with Crippen LogP contribution in [0.15, 0.2) is 36.4 Å². The zero-order chi connectivity index (χ0) is 14.2. The maximum absolute atomic E-state index is 5.69. The molecule has 1 aliphatic heterocycles. The Kier molecular flexibility index (Phi) is 3.34. The number of benzene rings is 1. The molecular formula is C19H23NO. The van der Waals surface area contributed by atoms with Crippen molar-refractivity contribution >= 4 is 0 Å². The van der Waals surface area contributed by atoms with E-state index in [1.54, 1.807) is 11.3 Å². The van der Waals surface area contributed by atoms with Gasteiger partial charge in [-0.15, -0.1) is 0 Å². The summed E-state index contributed by atoms with van der Waals surface area (Å²) in [6.45, 7) is 5.17. The number of fused-ring (bicyclic) bond motifs is 3. The molecule has 1 aromatic heterocycles. The molecule has 2 heteroatoms. The quantitative estimate of drug-likeness (QED) is 0.832. The fraction of sp³-hybridized carbons (Fsp3) is 0.474. The Morgan fingerprint density at radius 2 is 2.05 bits per heavy atom. The molecule has 110 valence electrons. The Morgan fingerprint density at radius 3 is 2.86 bits per heavy atom. The summed E-state index contributed by atoms with van der Waals surface area (Å²) in [7, 11) is 0. The van der Waals surface area contributed by atoms with Crippen molar-refractivity contribution in [2.45, 2.75) is 38.6 Å². The van der Waals surface area contributed by atoms with Crippen LogP contribution >= 0.6 is 0 Å². The SMILES string of the molecule is CCCc1cc2c(n1Cc1ccccc1)C[C@@H]1COC[C@H]21. The smallest absolute Gasteiger partial charge is 0.0539 e. The summed E-state index contributed by atoms with van der Waals surface area (Å²) in [6, 6.07) is 13.3. The second-order valence-electron chi connectivity index (χ2n) is 6.47. The lowest BCUT2D eigenvalue weighted by atomic mass is 9.96. The van der Waals surface area contributed by atoms with Crippen molar-refractivity contribution in [3.63, 3.8) is 0 Å². The van der Waals surface area contributed by atoms with Crippen molar-refractivity contribution in [2.24, 2.45) is 5.92 Å². The van der Waals surface area contributed by atoms with Crippen molar-refractivity contribution in [3.8, 4) is 0 Å². The van der Waals surface area contributed by atoms with Crippen molar-refractivity contribution in [2.75, 3.05) is 13.2 Å². The highest BCUT2D eigenvalue weighted by molar-refractivity contribution is 5.39. The minimum Gasteiger partial charge on any atom is -0.380 e. The van der Waals surface area contributed by atoms with E-state index >= 15 is 0 Å². The molecule has 4 rings (SSSR count). The van der Waals surface area contributed by atoms with Gasteiger partial charge in [0.15, 0.2) is 0 Å². The van der Waals surface area contributed by atoms with Gasteiger partial charge >= 0.3 is 0 Å². The van der Waals surface area contributed by atoms with Gasteiger partial charge in [-0.2, -0.15) is 0 Å². The Hall–Kier alpha value is -1.54. The maximum atomic E-state index is 5.69. The Balaban J connectivity index is 1.71. The fourth-order valence-corrected chi connectivity index (χ4v) is 4.04. The monoisotopic (exact) mass is 281 g/mol. The van der Waals surface area contributed by atoms with Crippen LogP contribution in [0.25, 0.3) is 0 Å². The van der Waals surface area contributed by atoms with Crippen LogP contribution in [0.1, 0.15) is 41.8 Å². The zero-order valence-corrected chi connectivity index (χ0v) is 12.7. The van der Waals surface area contributed by atoms with Gasteiger partial charge in [-0.3, -0.25) is 0 Å². The van der Waals surface area contributed by atoms with Crippen LogP contribution in [0.3, 0.4) is 0 Å². The van der Waals surface area contributed by atoms with E-state index in [4.69, 9.17) is 4.74 Å². The molecule has 0 unspecified atom stereocenters. The van der Waals surface area contributed by atoms with Crippen LogP contribution in [0.4, 0.5) is 0 Å². The maximum Gasteiger partial charge on any atom is 0.0539 e. The number of aryl methyl sites for hydroxylation is 1. The van der Waals surface area contributed by atoms with Gasteiger partial charge in [-0.05, 0) is 36.0 Å². The minimum atomic E-state index is 0.660.